The van der Waals surface area contributed by atoms with Crippen LogP contribution < -0.4 is 10.2 Å². The Morgan fingerprint density at radius 2 is 2.07 bits per heavy atom. The van der Waals surface area contributed by atoms with Gasteiger partial charge in [0.25, 0.3) is 5.91 Å². The first-order chi connectivity index (χ1) is 13.1. The van der Waals surface area contributed by atoms with E-state index >= 15 is 0 Å². The number of nitrogens with zero attached hydrogens (tertiary/aromatic N) is 6. The summed E-state index contributed by atoms with van der Waals surface area (Å²) in [6, 6.07) is 3.98. The van der Waals surface area contributed by atoms with Crippen LogP contribution in [0.25, 0.3) is 5.65 Å². The van der Waals surface area contributed by atoms with Crippen molar-refractivity contribution < 1.29 is 4.79 Å². The van der Waals surface area contributed by atoms with Gasteiger partial charge in [0, 0.05) is 31.5 Å². The standard InChI is InChI=1S/C18H21N7OS/c1-10-16(27-11(2)20-10)18(26)19-7-12-8-24(9-12)15-6-5-14-21-22-17(13-3-4-13)25(14)23-15/h5-6,12-13H,3-4,7-9H2,1-2H3,(H,19,26). The van der Waals surface area contributed by atoms with E-state index in [1.54, 1.807) is 0 Å². The fraction of sp³-hybridized carbons (Fsp3) is 0.500. The Morgan fingerprint density at radius 3 is 2.78 bits per heavy atom. The van der Waals surface area contributed by atoms with Crippen molar-refractivity contribution in [2.24, 2.45) is 5.92 Å². The third-order valence-electron chi connectivity index (χ3n) is 5.16. The van der Waals surface area contributed by atoms with Crippen LogP contribution in [0.5, 0.6) is 0 Å². The third-order valence-corrected chi connectivity index (χ3v) is 6.23. The van der Waals surface area contributed by atoms with Crippen LogP contribution in [0, 0.1) is 19.8 Å². The van der Waals surface area contributed by atoms with Crippen molar-refractivity contribution >= 4 is 28.7 Å². The highest BCUT2D eigenvalue weighted by molar-refractivity contribution is 7.13. The average molecular weight is 383 g/mol. The van der Waals surface area contributed by atoms with E-state index in [0.29, 0.717) is 18.4 Å². The maximum Gasteiger partial charge on any atom is 0.263 e. The molecule has 0 radical (unpaired) electrons. The summed E-state index contributed by atoms with van der Waals surface area (Å²) in [5.74, 6) is 2.85. The molecular formula is C18H21N7OS. The molecule has 3 aromatic heterocycles. The van der Waals surface area contributed by atoms with Crippen LogP contribution in [-0.4, -0.2) is 50.3 Å². The Bertz CT molecular complexity index is 1020. The van der Waals surface area contributed by atoms with Crippen molar-refractivity contribution in [1.82, 2.24) is 30.1 Å². The summed E-state index contributed by atoms with van der Waals surface area (Å²) in [4.78, 5) is 19.6. The number of fused-ring (bicyclic) bond motifs is 1. The molecule has 1 N–H and O–H groups in total. The topological polar surface area (TPSA) is 88.3 Å². The molecule has 140 valence electrons. The summed E-state index contributed by atoms with van der Waals surface area (Å²) in [5.41, 5.74) is 1.61. The Kier molecular flexibility index (Phi) is 3.85. The molecule has 3 aromatic rings. The van der Waals surface area contributed by atoms with E-state index in [2.05, 4.69) is 25.4 Å². The number of anilines is 1. The smallest absolute Gasteiger partial charge is 0.263 e. The van der Waals surface area contributed by atoms with Gasteiger partial charge >= 0.3 is 0 Å². The molecule has 1 amide bonds. The number of carbonyl (C=O) groups excluding carboxylic acids is 1. The first-order valence-corrected chi connectivity index (χ1v) is 10.1. The quantitative estimate of drug-likeness (QED) is 0.724. The van der Waals surface area contributed by atoms with Gasteiger partial charge in [-0.05, 0) is 38.8 Å². The van der Waals surface area contributed by atoms with Gasteiger partial charge in [0.15, 0.2) is 11.5 Å². The van der Waals surface area contributed by atoms with Crippen molar-refractivity contribution in [2.75, 3.05) is 24.5 Å². The molecular weight excluding hydrogens is 362 g/mol. The molecule has 27 heavy (non-hydrogen) atoms. The highest BCUT2D eigenvalue weighted by atomic mass is 32.1. The zero-order valence-corrected chi connectivity index (χ0v) is 16.2. The molecule has 9 heteroatoms. The van der Waals surface area contributed by atoms with Crippen molar-refractivity contribution in [3.05, 3.63) is 33.5 Å². The average Bonchev–Trinajstić information content (AvgIpc) is 3.27. The molecule has 1 aliphatic heterocycles. The van der Waals surface area contributed by atoms with E-state index < -0.39 is 0 Å². The molecule has 2 fully saturated rings. The Labute approximate surface area is 160 Å². The lowest BCUT2D eigenvalue weighted by Gasteiger charge is -2.40. The van der Waals surface area contributed by atoms with E-state index in [0.717, 1.165) is 46.0 Å². The number of rotatable bonds is 5. The van der Waals surface area contributed by atoms with Crippen molar-refractivity contribution in [2.45, 2.75) is 32.6 Å². The van der Waals surface area contributed by atoms with Crippen LogP contribution in [0.1, 0.15) is 45.0 Å². The molecule has 5 rings (SSSR count). The highest BCUT2D eigenvalue weighted by Gasteiger charge is 2.31. The van der Waals surface area contributed by atoms with Crippen molar-refractivity contribution in [1.29, 1.82) is 0 Å². The summed E-state index contributed by atoms with van der Waals surface area (Å²) in [5, 5.41) is 17.2. The van der Waals surface area contributed by atoms with Crippen molar-refractivity contribution in [3.63, 3.8) is 0 Å². The highest BCUT2D eigenvalue weighted by Crippen LogP contribution is 2.38. The lowest BCUT2D eigenvalue weighted by atomic mass is 10.0. The number of hydrogen-bond acceptors (Lipinski definition) is 7. The SMILES string of the molecule is Cc1nc(C)c(C(=O)NCC2CN(c3ccc4nnc(C5CC5)n4n3)C2)s1. The summed E-state index contributed by atoms with van der Waals surface area (Å²) in [6.45, 7) is 6.26. The lowest BCUT2D eigenvalue weighted by Crippen LogP contribution is -2.52. The molecule has 0 aromatic carbocycles. The fourth-order valence-electron chi connectivity index (χ4n) is 3.51. The number of aromatic nitrogens is 5. The van der Waals surface area contributed by atoms with E-state index in [4.69, 9.17) is 5.10 Å². The summed E-state index contributed by atoms with van der Waals surface area (Å²) >= 11 is 1.45. The first-order valence-electron chi connectivity index (χ1n) is 9.28. The molecule has 4 heterocycles. The van der Waals surface area contributed by atoms with E-state index in [9.17, 15) is 4.79 Å². The molecule has 0 atom stereocenters. The van der Waals surface area contributed by atoms with Crippen molar-refractivity contribution in [3.8, 4) is 0 Å². The molecule has 1 saturated carbocycles. The van der Waals surface area contributed by atoms with E-state index in [1.165, 1.54) is 24.2 Å². The molecule has 0 bridgehead atoms. The number of hydrogen-bond donors (Lipinski definition) is 1. The van der Waals surface area contributed by atoms with Gasteiger partial charge in [-0.25, -0.2) is 4.98 Å². The first kappa shape index (κ1) is 16.6. The van der Waals surface area contributed by atoms with E-state index in [1.807, 2.05) is 30.5 Å². The summed E-state index contributed by atoms with van der Waals surface area (Å²) in [6.07, 6.45) is 2.36. The Balaban J connectivity index is 1.19. The zero-order valence-electron chi connectivity index (χ0n) is 15.3. The largest absolute Gasteiger partial charge is 0.354 e. The second-order valence-electron chi connectivity index (χ2n) is 7.42. The van der Waals surface area contributed by atoms with Crippen LogP contribution in [0.15, 0.2) is 12.1 Å². The molecule has 0 unspecified atom stereocenters. The number of nitrogens with one attached hydrogen (secondary N) is 1. The molecule has 0 spiro atoms. The Morgan fingerprint density at radius 1 is 1.26 bits per heavy atom. The van der Waals surface area contributed by atoms with Gasteiger partial charge in [-0.3, -0.25) is 4.79 Å². The maximum absolute atomic E-state index is 12.3. The normalized spacial score (nSPS) is 17.3. The summed E-state index contributed by atoms with van der Waals surface area (Å²) in [7, 11) is 0. The third kappa shape index (κ3) is 3.05. The van der Waals surface area contributed by atoms with Crippen LogP contribution in [-0.2, 0) is 0 Å². The van der Waals surface area contributed by atoms with Crippen LogP contribution >= 0.6 is 11.3 Å². The lowest BCUT2D eigenvalue weighted by molar-refractivity contribution is 0.0947. The van der Waals surface area contributed by atoms with Gasteiger partial charge in [-0.1, -0.05) is 0 Å². The summed E-state index contributed by atoms with van der Waals surface area (Å²) < 4.78 is 1.89. The molecule has 2 aliphatic rings. The number of thiazole rings is 1. The van der Waals surface area contributed by atoms with Gasteiger partial charge in [-0.2, -0.15) is 4.52 Å². The monoisotopic (exact) mass is 383 g/mol. The zero-order chi connectivity index (χ0) is 18.5. The number of aryl methyl sites for hydroxylation is 2. The minimum Gasteiger partial charge on any atom is -0.354 e. The second-order valence-corrected chi connectivity index (χ2v) is 8.63. The fourth-order valence-corrected chi connectivity index (χ4v) is 4.34. The maximum atomic E-state index is 12.3. The predicted octanol–water partition coefficient (Wildman–Crippen LogP) is 1.94. The van der Waals surface area contributed by atoms with E-state index in [-0.39, 0.29) is 5.91 Å². The van der Waals surface area contributed by atoms with Crippen LogP contribution in [0.2, 0.25) is 0 Å². The Hall–Kier alpha value is -2.55. The van der Waals surface area contributed by atoms with Gasteiger partial charge in [-0.15, -0.1) is 26.6 Å². The minimum absolute atomic E-state index is 0.0188. The predicted molar refractivity (Wildman–Crippen MR) is 102 cm³/mol. The number of amides is 1. The van der Waals surface area contributed by atoms with Gasteiger partial charge < -0.3 is 10.2 Å². The van der Waals surface area contributed by atoms with Crippen LogP contribution in [0.4, 0.5) is 5.82 Å². The molecule has 1 saturated heterocycles. The molecule has 8 nitrogen and oxygen atoms in total. The minimum atomic E-state index is -0.0188. The van der Waals surface area contributed by atoms with Crippen LogP contribution in [0.3, 0.4) is 0 Å². The number of carbonyl (C=O) groups is 1. The van der Waals surface area contributed by atoms with Gasteiger partial charge in [0.05, 0.1) is 10.7 Å². The van der Waals surface area contributed by atoms with Gasteiger partial charge in [0.1, 0.15) is 10.7 Å². The molecule has 1 aliphatic carbocycles. The van der Waals surface area contributed by atoms with Gasteiger partial charge in [0.2, 0.25) is 0 Å². The second kappa shape index (κ2) is 6.26.